The molecule has 0 radical (unpaired) electrons. The topological polar surface area (TPSA) is 55.1 Å². The Labute approximate surface area is 128 Å². The van der Waals surface area contributed by atoms with Gasteiger partial charge >= 0.3 is 0 Å². The Kier molecular flexibility index (Phi) is 4.27. The molecular weight excluding hydrogens is 372 g/mol. The summed E-state index contributed by atoms with van der Waals surface area (Å²) in [7, 11) is 0. The van der Waals surface area contributed by atoms with E-state index in [4.69, 9.17) is 5.73 Å². The lowest BCUT2D eigenvalue weighted by atomic mass is 10.1. The van der Waals surface area contributed by atoms with E-state index in [0.29, 0.717) is 16.9 Å². The van der Waals surface area contributed by atoms with Crippen molar-refractivity contribution < 1.29 is 4.79 Å². The van der Waals surface area contributed by atoms with E-state index < -0.39 is 0 Å². The summed E-state index contributed by atoms with van der Waals surface area (Å²) in [4.78, 5) is 12.2. The molecule has 0 bridgehead atoms. The fourth-order valence-electron chi connectivity index (χ4n) is 1.71. The van der Waals surface area contributed by atoms with Gasteiger partial charge in [0.05, 0.1) is 5.69 Å². The van der Waals surface area contributed by atoms with Gasteiger partial charge in [0.2, 0.25) is 0 Å². The van der Waals surface area contributed by atoms with Crippen LogP contribution in [-0.2, 0) is 0 Å². The number of hydrogen-bond acceptors (Lipinski definition) is 2. The second kappa shape index (κ2) is 5.75. The Hall–Kier alpha value is -1.33. The van der Waals surface area contributed by atoms with E-state index >= 15 is 0 Å². The molecule has 5 heteroatoms. The van der Waals surface area contributed by atoms with Crippen molar-refractivity contribution >= 4 is 49.1 Å². The summed E-state index contributed by atoms with van der Waals surface area (Å²) in [6, 6.07) is 10.8. The number of rotatable bonds is 2. The van der Waals surface area contributed by atoms with E-state index in [2.05, 4.69) is 37.2 Å². The third-order valence-corrected chi connectivity index (χ3v) is 3.86. The highest BCUT2D eigenvalue weighted by Gasteiger charge is 2.11. The molecule has 3 nitrogen and oxygen atoms in total. The first kappa shape index (κ1) is 14.1. The molecule has 2 aromatic carbocycles. The predicted molar refractivity (Wildman–Crippen MR) is 85.4 cm³/mol. The van der Waals surface area contributed by atoms with Crippen LogP contribution in [0, 0.1) is 6.92 Å². The van der Waals surface area contributed by atoms with Crippen LogP contribution in [-0.4, -0.2) is 5.91 Å². The number of aryl methyl sites for hydroxylation is 1. The molecule has 0 saturated heterocycles. The van der Waals surface area contributed by atoms with Crippen LogP contribution < -0.4 is 11.1 Å². The molecule has 2 rings (SSSR count). The fourth-order valence-corrected chi connectivity index (χ4v) is 2.53. The molecule has 0 atom stereocenters. The molecular formula is C14H12Br2N2O. The molecule has 0 heterocycles. The van der Waals surface area contributed by atoms with Crippen molar-refractivity contribution in [2.24, 2.45) is 0 Å². The van der Waals surface area contributed by atoms with Gasteiger partial charge in [-0.2, -0.15) is 0 Å². The number of nitrogens with two attached hydrogens (primary N) is 1. The van der Waals surface area contributed by atoms with Crippen molar-refractivity contribution in [1.29, 1.82) is 0 Å². The van der Waals surface area contributed by atoms with Gasteiger partial charge in [0.25, 0.3) is 5.91 Å². The Morgan fingerprint density at radius 2 is 1.89 bits per heavy atom. The number of amides is 1. The van der Waals surface area contributed by atoms with Crippen molar-refractivity contribution in [2.45, 2.75) is 6.92 Å². The zero-order chi connectivity index (χ0) is 14.0. The highest BCUT2D eigenvalue weighted by Crippen LogP contribution is 2.26. The van der Waals surface area contributed by atoms with Gasteiger partial charge in [-0.1, -0.05) is 15.9 Å². The summed E-state index contributed by atoms with van der Waals surface area (Å²) in [6.07, 6.45) is 0. The first-order valence-corrected chi connectivity index (χ1v) is 7.18. The minimum Gasteiger partial charge on any atom is -0.399 e. The largest absolute Gasteiger partial charge is 0.399 e. The monoisotopic (exact) mass is 382 g/mol. The van der Waals surface area contributed by atoms with Crippen LogP contribution in [0.4, 0.5) is 11.4 Å². The number of anilines is 2. The summed E-state index contributed by atoms with van der Waals surface area (Å²) < 4.78 is 1.75. The molecule has 0 aliphatic carbocycles. The van der Waals surface area contributed by atoms with Crippen molar-refractivity contribution in [3.05, 3.63) is 56.5 Å². The van der Waals surface area contributed by atoms with Gasteiger partial charge in [-0.25, -0.2) is 0 Å². The van der Waals surface area contributed by atoms with Crippen molar-refractivity contribution in [3.63, 3.8) is 0 Å². The number of benzene rings is 2. The molecule has 3 N–H and O–H groups in total. The second-order valence-electron chi connectivity index (χ2n) is 4.15. The zero-order valence-electron chi connectivity index (χ0n) is 10.2. The third kappa shape index (κ3) is 3.36. The quantitative estimate of drug-likeness (QED) is 0.757. The van der Waals surface area contributed by atoms with Gasteiger partial charge < -0.3 is 11.1 Å². The van der Waals surface area contributed by atoms with Gasteiger partial charge in [0.1, 0.15) is 0 Å². The van der Waals surface area contributed by atoms with E-state index in [1.807, 2.05) is 19.1 Å². The van der Waals surface area contributed by atoms with Crippen LogP contribution in [0.2, 0.25) is 0 Å². The van der Waals surface area contributed by atoms with Gasteiger partial charge in [0, 0.05) is 20.2 Å². The smallest absolute Gasteiger partial charge is 0.255 e. The maximum atomic E-state index is 12.2. The molecule has 0 fully saturated rings. The lowest BCUT2D eigenvalue weighted by molar-refractivity contribution is 0.102. The average molecular weight is 384 g/mol. The van der Waals surface area contributed by atoms with E-state index in [1.165, 1.54) is 0 Å². The van der Waals surface area contributed by atoms with Crippen LogP contribution in [0.15, 0.2) is 45.3 Å². The summed E-state index contributed by atoms with van der Waals surface area (Å²) in [5, 5.41) is 2.85. The summed E-state index contributed by atoms with van der Waals surface area (Å²) in [5.41, 5.74) is 8.52. The van der Waals surface area contributed by atoms with Gasteiger partial charge in [0.15, 0.2) is 0 Å². The molecule has 0 unspecified atom stereocenters. The Balaban J connectivity index is 2.28. The fraction of sp³-hybridized carbons (Fsp3) is 0.0714. The maximum absolute atomic E-state index is 12.2. The molecule has 0 saturated carbocycles. The highest BCUT2D eigenvalue weighted by atomic mass is 79.9. The van der Waals surface area contributed by atoms with E-state index in [9.17, 15) is 4.79 Å². The van der Waals surface area contributed by atoms with Crippen molar-refractivity contribution in [3.8, 4) is 0 Å². The molecule has 0 aliphatic rings. The summed E-state index contributed by atoms with van der Waals surface area (Å²) >= 11 is 6.76. The zero-order valence-corrected chi connectivity index (χ0v) is 13.4. The van der Waals surface area contributed by atoms with Gasteiger partial charge in [-0.05, 0) is 64.8 Å². The predicted octanol–water partition coefficient (Wildman–Crippen LogP) is 4.35. The van der Waals surface area contributed by atoms with Crippen LogP contribution in [0.3, 0.4) is 0 Å². The van der Waals surface area contributed by atoms with Crippen LogP contribution in [0.25, 0.3) is 0 Å². The summed E-state index contributed by atoms with van der Waals surface area (Å²) in [5.74, 6) is -0.156. The minimum absolute atomic E-state index is 0.156. The maximum Gasteiger partial charge on any atom is 0.255 e. The third-order valence-electron chi connectivity index (χ3n) is 2.67. The number of nitrogens with one attached hydrogen (secondary N) is 1. The van der Waals surface area contributed by atoms with Crippen molar-refractivity contribution in [1.82, 2.24) is 0 Å². The van der Waals surface area contributed by atoms with Gasteiger partial charge in [-0.3, -0.25) is 4.79 Å². The number of carbonyl (C=O) groups excluding carboxylic acids is 1. The average Bonchev–Trinajstić information content (AvgIpc) is 2.33. The Bertz CT molecular complexity index is 641. The molecule has 98 valence electrons. The molecule has 19 heavy (non-hydrogen) atoms. The normalized spacial score (nSPS) is 10.3. The van der Waals surface area contributed by atoms with Gasteiger partial charge in [-0.15, -0.1) is 0 Å². The van der Waals surface area contributed by atoms with Crippen LogP contribution >= 0.6 is 31.9 Å². The molecule has 2 aromatic rings. The van der Waals surface area contributed by atoms with Crippen LogP contribution in [0.1, 0.15) is 15.9 Å². The van der Waals surface area contributed by atoms with E-state index in [-0.39, 0.29) is 5.91 Å². The van der Waals surface area contributed by atoms with E-state index in [0.717, 1.165) is 14.5 Å². The van der Waals surface area contributed by atoms with Crippen molar-refractivity contribution in [2.75, 3.05) is 11.1 Å². The van der Waals surface area contributed by atoms with Crippen LogP contribution in [0.5, 0.6) is 0 Å². The first-order valence-electron chi connectivity index (χ1n) is 5.60. The minimum atomic E-state index is -0.156. The van der Waals surface area contributed by atoms with E-state index in [1.54, 1.807) is 24.3 Å². The number of halogens is 2. The number of carbonyl (C=O) groups is 1. The lowest BCUT2D eigenvalue weighted by Gasteiger charge is -2.10. The SMILES string of the molecule is Cc1cc(Br)ccc1C(=O)Nc1cc(N)ccc1Br. The highest BCUT2D eigenvalue weighted by molar-refractivity contribution is 9.10. The lowest BCUT2D eigenvalue weighted by Crippen LogP contribution is -2.13. The second-order valence-corrected chi connectivity index (χ2v) is 5.92. The number of hydrogen-bond donors (Lipinski definition) is 2. The Morgan fingerprint density at radius 1 is 1.16 bits per heavy atom. The first-order chi connectivity index (χ1) is 8.97. The molecule has 0 aromatic heterocycles. The number of nitrogen functional groups attached to an aromatic ring is 1. The molecule has 0 spiro atoms. The molecule has 1 amide bonds. The standard InChI is InChI=1S/C14H12Br2N2O/c1-8-6-9(15)2-4-11(8)14(19)18-13-7-10(17)3-5-12(13)16/h2-7H,17H2,1H3,(H,18,19). The summed E-state index contributed by atoms with van der Waals surface area (Å²) in [6.45, 7) is 1.90. The Morgan fingerprint density at radius 3 is 2.58 bits per heavy atom. The molecule has 0 aliphatic heterocycles.